The van der Waals surface area contributed by atoms with Crippen LogP contribution in [0.3, 0.4) is 0 Å². The predicted molar refractivity (Wildman–Crippen MR) is 137 cm³/mol. The number of thiophene rings is 1. The lowest BCUT2D eigenvalue weighted by molar-refractivity contribution is -0.120. The highest BCUT2D eigenvalue weighted by molar-refractivity contribution is 7.10. The van der Waals surface area contributed by atoms with Gasteiger partial charge in [-0.05, 0) is 60.0 Å². The molecule has 0 spiro atoms. The number of rotatable bonds is 9. The summed E-state index contributed by atoms with van der Waals surface area (Å²) in [5.74, 6) is 1.34. The van der Waals surface area contributed by atoms with Gasteiger partial charge in [-0.3, -0.25) is 9.69 Å². The van der Waals surface area contributed by atoms with Crippen LogP contribution in [0.1, 0.15) is 4.88 Å². The summed E-state index contributed by atoms with van der Waals surface area (Å²) in [6.45, 7) is 0.641. The Labute approximate surface area is 202 Å². The van der Waals surface area contributed by atoms with Crippen LogP contribution >= 0.6 is 11.3 Å². The van der Waals surface area contributed by atoms with Crippen molar-refractivity contribution in [1.29, 1.82) is 0 Å². The van der Waals surface area contributed by atoms with Gasteiger partial charge in [0.05, 0.1) is 6.42 Å². The molecule has 3 aromatic carbocycles. The van der Waals surface area contributed by atoms with Crippen molar-refractivity contribution in [1.82, 2.24) is 5.32 Å². The Balaban J connectivity index is 1.42. The lowest BCUT2D eigenvalue weighted by atomic mass is 10.2. The molecule has 7 heteroatoms. The summed E-state index contributed by atoms with van der Waals surface area (Å²) in [6.07, 6.45) is 0.333. The van der Waals surface area contributed by atoms with E-state index in [0.717, 1.165) is 10.6 Å². The lowest BCUT2D eigenvalue weighted by Gasteiger charge is -2.24. The van der Waals surface area contributed by atoms with Crippen molar-refractivity contribution in [3.63, 3.8) is 0 Å². The Bertz CT molecular complexity index is 1180. The van der Waals surface area contributed by atoms with Gasteiger partial charge in [-0.15, -0.1) is 11.3 Å². The number of amides is 3. The molecule has 4 rings (SSSR count). The summed E-state index contributed by atoms with van der Waals surface area (Å²) in [7, 11) is 0. The number of nitrogens with one attached hydrogen (secondary N) is 2. The number of urea groups is 1. The molecule has 0 aliphatic carbocycles. The third-order valence-electron chi connectivity index (χ3n) is 4.97. The predicted octanol–water partition coefficient (Wildman–Crippen LogP) is 5.94. The van der Waals surface area contributed by atoms with Gasteiger partial charge in [-0.25, -0.2) is 4.79 Å². The highest BCUT2D eigenvalue weighted by atomic mass is 32.1. The molecule has 3 amide bonds. The van der Waals surface area contributed by atoms with Gasteiger partial charge in [0.25, 0.3) is 0 Å². The first-order valence-corrected chi connectivity index (χ1v) is 11.8. The fourth-order valence-corrected chi connectivity index (χ4v) is 4.02. The number of carbonyl (C=O) groups excluding carboxylic acids is 2. The van der Waals surface area contributed by atoms with Gasteiger partial charge in [-0.2, -0.15) is 0 Å². The molecule has 6 nitrogen and oxygen atoms in total. The first-order chi connectivity index (χ1) is 16.7. The molecule has 0 bridgehead atoms. The zero-order valence-corrected chi connectivity index (χ0v) is 19.3. The third-order valence-corrected chi connectivity index (χ3v) is 5.85. The minimum absolute atomic E-state index is 0.0718. The zero-order valence-electron chi connectivity index (χ0n) is 18.5. The Morgan fingerprint density at radius 3 is 2.15 bits per heavy atom. The molecular weight excluding hydrogens is 446 g/mol. The number of benzene rings is 3. The molecular formula is C27H25N3O3S. The normalized spacial score (nSPS) is 10.4. The van der Waals surface area contributed by atoms with Crippen LogP contribution in [0.25, 0.3) is 0 Å². The Morgan fingerprint density at radius 2 is 1.47 bits per heavy atom. The van der Waals surface area contributed by atoms with E-state index in [4.69, 9.17) is 4.74 Å². The van der Waals surface area contributed by atoms with Gasteiger partial charge in [0, 0.05) is 29.3 Å². The van der Waals surface area contributed by atoms with Crippen molar-refractivity contribution < 1.29 is 14.3 Å². The third kappa shape index (κ3) is 6.70. The van der Waals surface area contributed by atoms with Crippen LogP contribution in [0.5, 0.6) is 11.5 Å². The lowest BCUT2D eigenvalue weighted by Crippen LogP contribution is -2.41. The highest BCUT2D eigenvalue weighted by Gasteiger charge is 2.17. The van der Waals surface area contributed by atoms with E-state index in [9.17, 15) is 9.59 Å². The van der Waals surface area contributed by atoms with Gasteiger partial charge in [-0.1, -0.05) is 42.5 Å². The second kappa shape index (κ2) is 11.7. The van der Waals surface area contributed by atoms with Crippen molar-refractivity contribution in [2.45, 2.75) is 6.42 Å². The second-order valence-corrected chi connectivity index (χ2v) is 8.50. The second-order valence-electron chi connectivity index (χ2n) is 7.46. The van der Waals surface area contributed by atoms with E-state index in [-0.39, 0.29) is 11.9 Å². The Morgan fingerprint density at radius 1 is 0.794 bits per heavy atom. The molecule has 2 N–H and O–H groups in total. The number of hydrogen-bond acceptors (Lipinski definition) is 4. The number of para-hydroxylation sites is 2. The molecule has 0 aliphatic heterocycles. The van der Waals surface area contributed by atoms with E-state index >= 15 is 0 Å². The average Bonchev–Trinajstić information content (AvgIpc) is 3.37. The first kappa shape index (κ1) is 23.1. The van der Waals surface area contributed by atoms with Crippen molar-refractivity contribution in [2.24, 2.45) is 0 Å². The number of nitrogens with zero attached hydrogens (tertiary/aromatic N) is 1. The van der Waals surface area contributed by atoms with Crippen molar-refractivity contribution in [3.05, 3.63) is 107 Å². The van der Waals surface area contributed by atoms with Crippen molar-refractivity contribution in [2.75, 3.05) is 23.3 Å². The summed E-state index contributed by atoms with van der Waals surface area (Å²) < 4.78 is 5.86. The van der Waals surface area contributed by atoms with Gasteiger partial charge < -0.3 is 15.4 Å². The summed E-state index contributed by atoms with van der Waals surface area (Å²) in [6, 6.07) is 29.7. The summed E-state index contributed by atoms with van der Waals surface area (Å²) in [5.41, 5.74) is 1.39. The molecule has 0 radical (unpaired) electrons. The standard InChI is InChI=1S/C27H25N3O3S/c31-26(20-25-12-7-19-34-25)28-17-18-30(27(32)29-21-8-3-1-4-9-21)22-13-15-24(16-14-22)33-23-10-5-2-6-11-23/h1-16,19H,17-18,20H2,(H,28,31)(H,29,32). The van der Waals surface area contributed by atoms with Gasteiger partial charge in [0.1, 0.15) is 11.5 Å². The summed E-state index contributed by atoms with van der Waals surface area (Å²) in [4.78, 5) is 28.0. The monoisotopic (exact) mass is 471 g/mol. The first-order valence-electron chi connectivity index (χ1n) is 10.9. The van der Waals surface area contributed by atoms with Crippen molar-refractivity contribution in [3.8, 4) is 11.5 Å². The van der Waals surface area contributed by atoms with Gasteiger partial charge >= 0.3 is 6.03 Å². The zero-order chi connectivity index (χ0) is 23.6. The van der Waals surface area contributed by atoms with Gasteiger partial charge in [0.15, 0.2) is 0 Å². The highest BCUT2D eigenvalue weighted by Crippen LogP contribution is 2.25. The van der Waals surface area contributed by atoms with Crippen LogP contribution in [0, 0.1) is 0 Å². The number of anilines is 2. The number of hydrogen-bond donors (Lipinski definition) is 2. The van der Waals surface area contributed by atoms with E-state index in [0.29, 0.717) is 36.6 Å². The van der Waals surface area contributed by atoms with E-state index < -0.39 is 0 Å². The molecule has 0 atom stereocenters. The molecule has 4 aromatic rings. The molecule has 172 valence electrons. The SMILES string of the molecule is O=C(Cc1cccs1)NCCN(C(=O)Nc1ccccc1)c1ccc(Oc2ccccc2)cc1. The molecule has 0 aliphatic rings. The molecule has 0 fully saturated rings. The van der Waals surface area contributed by atoms with Gasteiger partial charge in [0.2, 0.25) is 5.91 Å². The Hall–Kier alpha value is -4.10. The van der Waals surface area contributed by atoms with E-state index in [2.05, 4.69) is 10.6 Å². The van der Waals surface area contributed by atoms with E-state index in [1.54, 1.807) is 16.2 Å². The smallest absolute Gasteiger partial charge is 0.326 e. The fraction of sp³-hybridized carbons (Fsp3) is 0.111. The minimum Gasteiger partial charge on any atom is -0.457 e. The average molecular weight is 472 g/mol. The largest absolute Gasteiger partial charge is 0.457 e. The number of ether oxygens (including phenoxy) is 1. The quantitative estimate of drug-likeness (QED) is 0.317. The van der Waals surface area contributed by atoms with Crippen LogP contribution in [-0.2, 0) is 11.2 Å². The molecule has 0 saturated carbocycles. The van der Waals surface area contributed by atoms with Crippen LogP contribution in [0.4, 0.5) is 16.2 Å². The van der Waals surface area contributed by atoms with Crippen molar-refractivity contribution >= 4 is 34.6 Å². The molecule has 1 aromatic heterocycles. The molecule has 34 heavy (non-hydrogen) atoms. The maximum Gasteiger partial charge on any atom is 0.326 e. The Kier molecular flexibility index (Phi) is 7.92. The minimum atomic E-state index is -0.282. The number of carbonyl (C=O) groups is 2. The van der Waals surface area contributed by atoms with Crippen LogP contribution < -0.4 is 20.3 Å². The topological polar surface area (TPSA) is 70.7 Å². The van der Waals surface area contributed by atoms with E-state index in [1.807, 2.05) is 102 Å². The van der Waals surface area contributed by atoms with Crippen LogP contribution in [0.15, 0.2) is 102 Å². The summed E-state index contributed by atoms with van der Waals surface area (Å²) >= 11 is 1.55. The van der Waals surface area contributed by atoms with E-state index in [1.165, 1.54) is 0 Å². The molecule has 0 saturated heterocycles. The fourth-order valence-electron chi connectivity index (χ4n) is 3.32. The van der Waals surface area contributed by atoms with Crippen LogP contribution in [-0.4, -0.2) is 25.0 Å². The van der Waals surface area contributed by atoms with Crippen LogP contribution in [0.2, 0.25) is 0 Å². The molecule has 1 heterocycles. The molecule has 0 unspecified atom stereocenters. The maximum atomic E-state index is 13.1. The summed E-state index contributed by atoms with van der Waals surface area (Å²) in [5, 5.41) is 7.77. The maximum absolute atomic E-state index is 13.1.